The van der Waals surface area contributed by atoms with Crippen molar-refractivity contribution >= 4 is 27.1 Å². The number of benzene rings is 5. The summed E-state index contributed by atoms with van der Waals surface area (Å²) in [6, 6.07) is 42.8. The standard InChI is InChI=1S/C27H27N3O2S.C6H7N/c28-33(31,32)27-18-23(20-29-24-14-8-3-9-15-24)17-26(30-19-22-12-6-2-7-13-22)25(27)16-21-10-4-1-5-11-21;7-6-4-2-1-3-5-6/h1-15,17-18,29-30H,16,19-20H2,(H2,28,31,32);1-5H,7H2. The smallest absolute Gasteiger partial charge is 0.238 e. The molecule has 6 N–H and O–H groups in total. The van der Waals surface area contributed by atoms with Crippen LogP contribution in [0.2, 0.25) is 0 Å². The highest BCUT2D eigenvalue weighted by atomic mass is 32.2. The predicted octanol–water partition coefficient (Wildman–Crippen LogP) is 6.42. The molecule has 204 valence electrons. The second-order valence-corrected chi connectivity index (χ2v) is 10.8. The summed E-state index contributed by atoms with van der Waals surface area (Å²) in [5.41, 5.74) is 11.5. The molecule has 0 spiro atoms. The van der Waals surface area contributed by atoms with Gasteiger partial charge in [0.1, 0.15) is 0 Å². The molecule has 5 rings (SSSR count). The first-order valence-electron chi connectivity index (χ1n) is 13.0. The second kappa shape index (κ2) is 14.0. The maximum absolute atomic E-state index is 12.6. The van der Waals surface area contributed by atoms with Crippen molar-refractivity contribution < 1.29 is 8.42 Å². The first-order chi connectivity index (χ1) is 19.4. The number of nitrogens with one attached hydrogen (secondary N) is 2. The van der Waals surface area contributed by atoms with E-state index in [-0.39, 0.29) is 4.90 Å². The molecule has 5 aromatic rings. The van der Waals surface area contributed by atoms with E-state index >= 15 is 0 Å². The predicted molar refractivity (Wildman–Crippen MR) is 165 cm³/mol. The topological polar surface area (TPSA) is 110 Å². The van der Waals surface area contributed by atoms with Crippen LogP contribution in [0.3, 0.4) is 0 Å². The number of para-hydroxylation sites is 2. The van der Waals surface area contributed by atoms with Gasteiger partial charge in [0.15, 0.2) is 0 Å². The van der Waals surface area contributed by atoms with Crippen molar-refractivity contribution in [2.24, 2.45) is 5.14 Å². The Morgan fingerprint density at radius 1 is 0.575 bits per heavy atom. The molecule has 0 amide bonds. The first-order valence-corrected chi connectivity index (χ1v) is 14.5. The van der Waals surface area contributed by atoms with Gasteiger partial charge in [-0.05, 0) is 58.7 Å². The van der Waals surface area contributed by atoms with Crippen LogP contribution in [0.5, 0.6) is 0 Å². The minimum atomic E-state index is -3.93. The Kier molecular flexibility index (Phi) is 9.93. The average molecular weight is 551 g/mol. The molecule has 0 aliphatic rings. The molecule has 0 saturated carbocycles. The van der Waals surface area contributed by atoms with E-state index in [4.69, 9.17) is 10.9 Å². The number of nitrogen functional groups attached to an aromatic ring is 1. The highest BCUT2D eigenvalue weighted by Gasteiger charge is 2.20. The summed E-state index contributed by atoms with van der Waals surface area (Å²) in [5, 5.41) is 12.5. The van der Waals surface area contributed by atoms with Crippen molar-refractivity contribution in [1.29, 1.82) is 0 Å². The van der Waals surface area contributed by atoms with Crippen LogP contribution in [0.1, 0.15) is 22.3 Å². The van der Waals surface area contributed by atoms with Crippen LogP contribution in [0.15, 0.2) is 138 Å². The Hall–Kier alpha value is -4.59. The Balaban J connectivity index is 0.000000461. The van der Waals surface area contributed by atoms with Gasteiger partial charge in [-0.25, -0.2) is 13.6 Å². The molecule has 6 nitrogen and oxygen atoms in total. The lowest BCUT2D eigenvalue weighted by Crippen LogP contribution is -2.17. The van der Waals surface area contributed by atoms with E-state index in [1.807, 2.05) is 127 Å². The Bertz CT molecular complexity index is 1580. The van der Waals surface area contributed by atoms with E-state index in [1.54, 1.807) is 6.07 Å². The lowest BCUT2D eigenvalue weighted by molar-refractivity contribution is 0.596. The zero-order chi connectivity index (χ0) is 28.2. The van der Waals surface area contributed by atoms with Gasteiger partial charge < -0.3 is 16.4 Å². The van der Waals surface area contributed by atoms with E-state index in [0.717, 1.165) is 33.8 Å². The van der Waals surface area contributed by atoms with E-state index in [2.05, 4.69) is 10.6 Å². The van der Waals surface area contributed by atoms with E-state index in [9.17, 15) is 8.42 Å². The number of anilines is 3. The van der Waals surface area contributed by atoms with Crippen LogP contribution >= 0.6 is 0 Å². The molecule has 0 aromatic heterocycles. The van der Waals surface area contributed by atoms with Gasteiger partial charge in [0.2, 0.25) is 10.0 Å². The zero-order valence-corrected chi connectivity index (χ0v) is 23.0. The molecule has 0 aliphatic heterocycles. The van der Waals surface area contributed by atoms with Crippen molar-refractivity contribution in [2.75, 3.05) is 16.4 Å². The summed E-state index contributed by atoms with van der Waals surface area (Å²) < 4.78 is 25.3. The van der Waals surface area contributed by atoms with Crippen LogP contribution < -0.4 is 21.5 Å². The minimum Gasteiger partial charge on any atom is -0.399 e. The van der Waals surface area contributed by atoms with E-state index in [0.29, 0.717) is 25.1 Å². The van der Waals surface area contributed by atoms with Crippen LogP contribution in [-0.4, -0.2) is 8.42 Å². The fourth-order valence-corrected chi connectivity index (χ4v) is 5.05. The van der Waals surface area contributed by atoms with Crippen molar-refractivity contribution in [2.45, 2.75) is 24.4 Å². The summed E-state index contributed by atoms with van der Waals surface area (Å²) in [6.07, 6.45) is 0.454. The Morgan fingerprint density at radius 2 is 1.07 bits per heavy atom. The molecule has 40 heavy (non-hydrogen) atoms. The normalized spacial score (nSPS) is 10.7. The van der Waals surface area contributed by atoms with Crippen molar-refractivity contribution in [1.82, 2.24) is 0 Å². The van der Waals surface area contributed by atoms with Crippen LogP contribution in [0, 0.1) is 0 Å². The van der Waals surface area contributed by atoms with Crippen LogP contribution in [0.4, 0.5) is 17.1 Å². The fourth-order valence-electron chi connectivity index (χ4n) is 4.20. The summed E-state index contributed by atoms with van der Waals surface area (Å²) in [6.45, 7) is 1.04. The van der Waals surface area contributed by atoms with Crippen LogP contribution in [-0.2, 0) is 29.5 Å². The average Bonchev–Trinajstić information content (AvgIpc) is 2.97. The molecule has 0 aliphatic carbocycles. The highest BCUT2D eigenvalue weighted by Crippen LogP contribution is 2.29. The fraction of sp³-hybridized carbons (Fsp3) is 0.0909. The second-order valence-electron chi connectivity index (χ2n) is 9.30. The number of hydrogen-bond acceptors (Lipinski definition) is 5. The third-order valence-corrected chi connectivity index (χ3v) is 7.17. The highest BCUT2D eigenvalue weighted by molar-refractivity contribution is 7.89. The van der Waals surface area contributed by atoms with E-state index in [1.165, 1.54) is 0 Å². The quantitative estimate of drug-likeness (QED) is 0.158. The Morgan fingerprint density at radius 3 is 1.60 bits per heavy atom. The third kappa shape index (κ3) is 8.73. The van der Waals surface area contributed by atoms with E-state index < -0.39 is 10.0 Å². The lowest BCUT2D eigenvalue weighted by atomic mass is 10.0. The SMILES string of the molecule is NS(=O)(=O)c1cc(CNc2ccccc2)cc(NCc2ccccc2)c1Cc1ccccc1.Nc1ccccc1. The number of sulfonamides is 1. The van der Waals surface area contributed by atoms with Crippen molar-refractivity contribution in [3.8, 4) is 0 Å². The number of primary sulfonamides is 1. The van der Waals surface area contributed by atoms with Crippen molar-refractivity contribution in [3.05, 3.63) is 156 Å². The molecular weight excluding hydrogens is 516 g/mol. The zero-order valence-electron chi connectivity index (χ0n) is 22.2. The van der Waals surface area contributed by atoms with Gasteiger partial charge in [-0.1, -0.05) is 97.1 Å². The van der Waals surface area contributed by atoms with Gasteiger partial charge in [-0.15, -0.1) is 0 Å². The molecule has 0 heterocycles. The maximum Gasteiger partial charge on any atom is 0.238 e. The van der Waals surface area contributed by atoms with Gasteiger partial charge in [-0.2, -0.15) is 0 Å². The number of hydrogen-bond donors (Lipinski definition) is 4. The molecule has 0 bridgehead atoms. The molecule has 0 radical (unpaired) electrons. The van der Waals surface area contributed by atoms with Gasteiger partial charge in [-0.3, -0.25) is 0 Å². The summed E-state index contributed by atoms with van der Waals surface area (Å²) in [4.78, 5) is 0.147. The maximum atomic E-state index is 12.6. The minimum absolute atomic E-state index is 0.147. The monoisotopic (exact) mass is 550 g/mol. The summed E-state index contributed by atoms with van der Waals surface area (Å²) >= 11 is 0. The summed E-state index contributed by atoms with van der Waals surface area (Å²) in [5.74, 6) is 0. The first kappa shape index (κ1) is 28.4. The summed E-state index contributed by atoms with van der Waals surface area (Å²) in [7, 11) is -3.93. The molecule has 0 fully saturated rings. The van der Waals surface area contributed by atoms with Crippen molar-refractivity contribution in [3.63, 3.8) is 0 Å². The van der Waals surface area contributed by atoms with Crippen LogP contribution in [0.25, 0.3) is 0 Å². The van der Waals surface area contributed by atoms with Gasteiger partial charge in [0, 0.05) is 36.6 Å². The lowest BCUT2D eigenvalue weighted by Gasteiger charge is -2.19. The Labute approximate surface area is 236 Å². The van der Waals surface area contributed by atoms with Gasteiger partial charge in [0.05, 0.1) is 4.90 Å². The molecule has 7 heteroatoms. The molecule has 5 aromatic carbocycles. The molecule has 0 saturated heterocycles. The number of nitrogens with two attached hydrogens (primary N) is 2. The van der Waals surface area contributed by atoms with Gasteiger partial charge >= 0.3 is 0 Å². The largest absolute Gasteiger partial charge is 0.399 e. The molecule has 0 unspecified atom stereocenters. The van der Waals surface area contributed by atoms with Gasteiger partial charge in [0.25, 0.3) is 0 Å². The number of rotatable bonds is 9. The third-order valence-electron chi connectivity index (χ3n) is 6.19. The molecular formula is C33H34N4O2S. The molecule has 0 atom stereocenters.